The number of aryl methyl sites for hydroxylation is 1. The van der Waals surface area contributed by atoms with E-state index in [0.29, 0.717) is 13.0 Å². The molecule has 0 unspecified atom stereocenters. The van der Waals surface area contributed by atoms with Crippen molar-refractivity contribution < 1.29 is 4.79 Å². The van der Waals surface area contributed by atoms with Crippen LogP contribution in [-0.4, -0.2) is 35.4 Å². The van der Waals surface area contributed by atoms with Crippen molar-refractivity contribution in [1.82, 2.24) is 9.97 Å². The lowest BCUT2D eigenvalue weighted by Crippen LogP contribution is -2.23. The highest BCUT2D eigenvalue weighted by Gasteiger charge is 2.21. The summed E-state index contributed by atoms with van der Waals surface area (Å²) in [5, 5.41) is 3.34. The fraction of sp³-hybridized carbons (Fsp3) is 0.643. The van der Waals surface area contributed by atoms with Gasteiger partial charge >= 0.3 is 0 Å². The summed E-state index contributed by atoms with van der Waals surface area (Å²) < 4.78 is 0. The summed E-state index contributed by atoms with van der Waals surface area (Å²) in [4.78, 5) is 22.2. The molecular weight excluding hydrogens is 240 g/mol. The fourth-order valence-corrected chi connectivity index (χ4v) is 1.99. The molecular formula is C14H22N4O. The molecule has 0 radical (unpaired) electrons. The molecule has 104 valence electrons. The third-order valence-corrected chi connectivity index (χ3v) is 2.98. The van der Waals surface area contributed by atoms with Crippen LogP contribution < -0.4 is 10.2 Å². The predicted octanol–water partition coefficient (Wildman–Crippen LogP) is 2.02. The Bertz CT molecular complexity index is 479. The van der Waals surface area contributed by atoms with Crippen molar-refractivity contribution in [2.24, 2.45) is 5.41 Å². The Morgan fingerprint density at radius 1 is 1.37 bits per heavy atom. The Morgan fingerprint density at radius 2 is 2.11 bits per heavy atom. The van der Waals surface area contributed by atoms with Crippen molar-refractivity contribution in [2.45, 2.75) is 34.1 Å². The van der Waals surface area contributed by atoms with Gasteiger partial charge in [-0.25, -0.2) is 9.97 Å². The first-order chi connectivity index (χ1) is 8.83. The first kappa shape index (κ1) is 13.8. The first-order valence-electron chi connectivity index (χ1n) is 6.70. The summed E-state index contributed by atoms with van der Waals surface area (Å²) in [7, 11) is 0. The Hall–Kier alpha value is -1.65. The van der Waals surface area contributed by atoms with Gasteiger partial charge in [-0.3, -0.25) is 4.79 Å². The summed E-state index contributed by atoms with van der Waals surface area (Å²) in [6.07, 6.45) is 0.619. The number of nitrogens with one attached hydrogen (secondary N) is 1. The van der Waals surface area contributed by atoms with Crippen LogP contribution in [0.4, 0.5) is 11.6 Å². The van der Waals surface area contributed by atoms with Crippen molar-refractivity contribution in [3.8, 4) is 0 Å². The average Bonchev–Trinajstić information content (AvgIpc) is 2.72. The number of anilines is 2. The molecule has 1 aromatic heterocycles. The van der Waals surface area contributed by atoms with Crippen LogP contribution in [0.2, 0.25) is 0 Å². The Morgan fingerprint density at radius 3 is 2.68 bits per heavy atom. The van der Waals surface area contributed by atoms with Crippen molar-refractivity contribution in [2.75, 3.05) is 29.9 Å². The van der Waals surface area contributed by atoms with Crippen molar-refractivity contribution in [3.05, 3.63) is 11.9 Å². The van der Waals surface area contributed by atoms with Crippen molar-refractivity contribution >= 4 is 17.4 Å². The molecule has 0 bridgehead atoms. The minimum Gasteiger partial charge on any atom is -0.369 e. The number of Topliss-reactive ketones (excluding diaryl/α,β-unsaturated/α-hetero) is 1. The van der Waals surface area contributed by atoms with Crippen LogP contribution in [0, 0.1) is 12.3 Å². The maximum Gasteiger partial charge on any atom is 0.153 e. The molecule has 1 N–H and O–H groups in total. The van der Waals surface area contributed by atoms with E-state index in [0.717, 1.165) is 30.5 Å². The smallest absolute Gasteiger partial charge is 0.153 e. The third kappa shape index (κ3) is 3.91. The standard InChI is InChI=1S/C14H22N4O/c1-10-16-12(15-9-14(2,3)4)7-13(17-10)18-6-5-11(19)8-18/h7H,5-6,8-9H2,1-4H3,(H,15,16,17). The van der Waals surface area contributed by atoms with E-state index in [-0.39, 0.29) is 11.2 Å². The fourth-order valence-electron chi connectivity index (χ4n) is 1.99. The van der Waals surface area contributed by atoms with Gasteiger partial charge in [0.15, 0.2) is 5.78 Å². The molecule has 5 heteroatoms. The zero-order valence-corrected chi connectivity index (χ0v) is 12.2. The second-order valence-corrected chi connectivity index (χ2v) is 6.28. The minimum absolute atomic E-state index is 0.197. The molecule has 5 nitrogen and oxygen atoms in total. The number of aromatic nitrogens is 2. The second-order valence-electron chi connectivity index (χ2n) is 6.28. The average molecular weight is 262 g/mol. The van der Waals surface area contributed by atoms with E-state index in [1.807, 2.05) is 17.9 Å². The highest BCUT2D eigenvalue weighted by atomic mass is 16.1. The lowest BCUT2D eigenvalue weighted by Gasteiger charge is -2.21. The van der Waals surface area contributed by atoms with Crippen LogP contribution in [0.25, 0.3) is 0 Å². The maximum absolute atomic E-state index is 11.4. The Balaban J connectivity index is 2.13. The molecule has 1 saturated heterocycles. The van der Waals surface area contributed by atoms with E-state index in [2.05, 4.69) is 36.1 Å². The van der Waals surface area contributed by atoms with Crippen LogP contribution in [0.5, 0.6) is 0 Å². The quantitative estimate of drug-likeness (QED) is 0.903. The highest BCUT2D eigenvalue weighted by molar-refractivity contribution is 5.86. The predicted molar refractivity (Wildman–Crippen MR) is 76.6 cm³/mol. The summed E-state index contributed by atoms with van der Waals surface area (Å²) >= 11 is 0. The maximum atomic E-state index is 11.4. The molecule has 0 amide bonds. The van der Waals surface area contributed by atoms with Gasteiger partial charge in [-0.1, -0.05) is 20.8 Å². The van der Waals surface area contributed by atoms with E-state index in [4.69, 9.17) is 0 Å². The topological polar surface area (TPSA) is 58.1 Å². The second kappa shape index (κ2) is 5.15. The largest absolute Gasteiger partial charge is 0.369 e. The van der Waals surface area contributed by atoms with Crippen LogP contribution in [0.15, 0.2) is 6.07 Å². The van der Waals surface area contributed by atoms with Gasteiger partial charge in [-0.2, -0.15) is 0 Å². The molecule has 19 heavy (non-hydrogen) atoms. The van der Waals surface area contributed by atoms with E-state index < -0.39 is 0 Å². The third-order valence-electron chi connectivity index (χ3n) is 2.98. The van der Waals surface area contributed by atoms with E-state index in [1.54, 1.807) is 0 Å². The molecule has 1 fully saturated rings. The highest BCUT2D eigenvalue weighted by Crippen LogP contribution is 2.20. The van der Waals surface area contributed by atoms with Gasteiger partial charge in [0.05, 0.1) is 6.54 Å². The number of hydrogen-bond acceptors (Lipinski definition) is 5. The normalized spacial score (nSPS) is 16.0. The van der Waals surface area contributed by atoms with Crippen LogP contribution in [0.3, 0.4) is 0 Å². The number of rotatable bonds is 3. The summed E-state index contributed by atoms with van der Waals surface area (Å²) in [5.74, 6) is 2.68. The van der Waals surface area contributed by atoms with E-state index in [1.165, 1.54) is 0 Å². The first-order valence-corrected chi connectivity index (χ1v) is 6.70. The van der Waals surface area contributed by atoms with Crippen molar-refractivity contribution in [1.29, 1.82) is 0 Å². The van der Waals surface area contributed by atoms with Crippen LogP contribution in [-0.2, 0) is 4.79 Å². The van der Waals surface area contributed by atoms with Crippen LogP contribution >= 0.6 is 0 Å². The Labute approximate surface area is 114 Å². The summed E-state index contributed by atoms with van der Waals surface area (Å²) in [5.41, 5.74) is 0.197. The van der Waals surface area contributed by atoms with E-state index in [9.17, 15) is 4.79 Å². The zero-order valence-electron chi connectivity index (χ0n) is 12.2. The number of carbonyl (C=O) groups is 1. The minimum atomic E-state index is 0.197. The molecule has 1 aliphatic rings. The molecule has 0 spiro atoms. The molecule has 2 rings (SSSR count). The molecule has 2 heterocycles. The molecule has 0 atom stereocenters. The van der Waals surface area contributed by atoms with Gasteiger partial charge < -0.3 is 10.2 Å². The number of hydrogen-bond donors (Lipinski definition) is 1. The van der Waals surface area contributed by atoms with Gasteiger partial charge in [0.1, 0.15) is 17.5 Å². The van der Waals surface area contributed by atoms with Gasteiger partial charge in [-0.05, 0) is 12.3 Å². The molecule has 0 aliphatic carbocycles. The van der Waals surface area contributed by atoms with Gasteiger partial charge in [0.2, 0.25) is 0 Å². The molecule has 0 aromatic carbocycles. The van der Waals surface area contributed by atoms with E-state index >= 15 is 0 Å². The monoisotopic (exact) mass is 262 g/mol. The molecule has 1 aliphatic heterocycles. The van der Waals surface area contributed by atoms with Gasteiger partial charge in [0.25, 0.3) is 0 Å². The lowest BCUT2D eigenvalue weighted by molar-refractivity contribution is -0.116. The number of nitrogens with zero attached hydrogens (tertiary/aromatic N) is 3. The lowest BCUT2D eigenvalue weighted by atomic mass is 9.97. The van der Waals surface area contributed by atoms with Gasteiger partial charge in [0, 0.05) is 25.6 Å². The zero-order chi connectivity index (χ0) is 14.0. The number of ketones is 1. The van der Waals surface area contributed by atoms with Crippen LogP contribution in [0.1, 0.15) is 33.0 Å². The Kier molecular flexibility index (Phi) is 3.73. The molecule has 0 saturated carbocycles. The summed E-state index contributed by atoms with van der Waals surface area (Å²) in [6, 6.07) is 1.93. The van der Waals surface area contributed by atoms with Gasteiger partial charge in [-0.15, -0.1) is 0 Å². The molecule has 1 aromatic rings. The SMILES string of the molecule is Cc1nc(NCC(C)(C)C)cc(N2CCC(=O)C2)n1. The summed E-state index contributed by atoms with van der Waals surface area (Å²) in [6.45, 7) is 10.5. The van der Waals surface area contributed by atoms with Crippen molar-refractivity contribution in [3.63, 3.8) is 0 Å². The number of carbonyl (C=O) groups excluding carboxylic acids is 1.